The molecule has 1 N–H and O–H groups in total. The van der Waals surface area contributed by atoms with Gasteiger partial charge < -0.3 is 19.5 Å². The van der Waals surface area contributed by atoms with Crippen molar-refractivity contribution in [2.75, 3.05) is 12.4 Å². The molecule has 2 aromatic heterocycles. The van der Waals surface area contributed by atoms with E-state index in [2.05, 4.69) is 15.3 Å². The number of nitrogens with zero attached hydrogens (tertiary/aromatic N) is 4. The predicted molar refractivity (Wildman–Crippen MR) is 193 cm³/mol. The lowest BCUT2D eigenvalue weighted by Gasteiger charge is -2.37. The fourth-order valence-corrected chi connectivity index (χ4v) is 7.17. The van der Waals surface area contributed by atoms with Gasteiger partial charge in [-0.3, -0.25) is 4.57 Å². The summed E-state index contributed by atoms with van der Waals surface area (Å²) >= 11 is 6.85. The van der Waals surface area contributed by atoms with Gasteiger partial charge in [0.25, 0.3) is 0 Å². The number of halogens is 2. The van der Waals surface area contributed by atoms with Crippen LogP contribution in [0.1, 0.15) is 60.5 Å². The number of imidazole rings is 1. The molecule has 9 nitrogen and oxygen atoms in total. The molecule has 0 radical (unpaired) electrons. The number of rotatable bonds is 10. The van der Waals surface area contributed by atoms with Gasteiger partial charge in [0.1, 0.15) is 16.8 Å². The van der Waals surface area contributed by atoms with Crippen LogP contribution >= 0.6 is 11.6 Å². The molecule has 0 saturated carbocycles. The van der Waals surface area contributed by atoms with E-state index in [9.17, 15) is 4.79 Å². The molecule has 0 aliphatic carbocycles. The number of nitrogens with one attached hydrogen (secondary N) is 1. The third-order valence-corrected chi connectivity index (χ3v) is 10.2. The minimum atomic E-state index is -2.12. The zero-order valence-electron chi connectivity index (χ0n) is 28.6. The second-order valence-electron chi connectivity index (χ2n) is 12.8. The molecule has 51 heavy (non-hydrogen) atoms. The number of aromatic nitrogens is 4. The molecule has 1 fully saturated rings. The second kappa shape index (κ2) is 13.4. The monoisotopic (exact) mass is 705 g/mol. The van der Waals surface area contributed by atoms with E-state index in [4.69, 9.17) is 30.8 Å². The molecule has 260 valence electrons. The van der Waals surface area contributed by atoms with Gasteiger partial charge >= 0.3 is 5.97 Å². The van der Waals surface area contributed by atoms with E-state index in [0.717, 1.165) is 16.7 Å². The van der Waals surface area contributed by atoms with Crippen LogP contribution in [0.25, 0.3) is 11.2 Å². The molecule has 4 aromatic carbocycles. The summed E-state index contributed by atoms with van der Waals surface area (Å²) in [5.41, 5.74) is 1.09. The molecule has 0 amide bonds. The van der Waals surface area contributed by atoms with Gasteiger partial charge in [0, 0.05) is 6.42 Å². The normalized spacial score (nSPS) is 21.8. The van der Waals surface area contributed by atoms with Crippen LogP contribution in [-0.2, 0) is 15.0 Å². The Labute approximate surface area is 300 Å². The number of hydrogen-bond acceptors (Lipinski definition) is 8. The summed E-state index contributed by atoms with van der Waals surface area (Å²) in [4.78, 5) is 27.6. The van der Waals surface area contributed by atoms with Crippen molar-refractivity contribution in [1.82, 2.24) is 19.5 Å². The number of benzene rings is 4. The maximum Gasteiger partial charge on any atom is 0.338 e. The van der Waals surface area contributed by atoms with Crippen molar-refractivity contribution < 1.29 is 23.4 Å². The average Bonchev–Trinajstić information content (AvgIpc) is 3.68. The largest absolute Gasteiger partial charge is 0.497 e. The third-order valence-electron chi connectivity index (χ3n) is 9.98. The highest BCUT2D eigenvalue weighted by Crippen LogP contribution is 2.53. The smallest absolute Gasteiger partial charge is 0.338 e. The van der Waals surface area contributed by atoms with Gasteiger partial charge in [-0.2, -0.15) is 9.97 Å². The van der Waals surface area contributed by atoms with Crippen molar-refractivity contribution in [2.24, 2.45) is 5.92 Å². The second-order valence-corrected chi connectivity index (χ2v) is 13.1. The van der Waals surface area contributed by atoms with Gasteiger partial charge in [-0.25, -0.2) is 14.2 Å². The molecule has 6 aromatic rings. The summed E-state index contributed by atoms with van der Waals surface area (Å²) in [5.74, 6) is -2.70. The predicted octanol–water partition coefficient (Wildman–Crippen LogP) is 8.75. The van der Waals surface area contributed by atoms with E-state index in [1.54, 1.807) is 62.8 Å². The van der Waals surface area contributed by atoms with Crippen molar-refractivity contribution in [3.8, 4) is 5.75 Å². The summed E-state index contributed by atoms with van der Waals surface area (Å²) in [6.45, 7) is 5.05. The first-order chi connectivity index (χ1) is 24.6. The summed E-state index contributed by atoms with van der Waals surface area (Å²) in [6.07, 6.45) is 0.341. The summed E-state index contributed by atoms with van der Waals surface area (Å²) in [7, 11) is 1.62. The maximum atomic E-state index is 16.5. The number of esters is 1. The summed E-state index contributed by atoms with van der Waals surface area (Å²) in [5, 5.41) is 3.71. The standard InChI is InChI=1S/C40H37ClFN5O4/c1-5-39(42)26(2)38(3,50-35(48)27-15-9-6-10-16-27)36(51-39)47-25-43-32-33(41)44-37(45-34(32)47)46-40(28-17-11-7-12-18-28,29-19-13-8-14-20-29)30-21-23-31(49-4)24-22-30/h6-26,36H,5H2,1-4H3,(H,44,45,46)/t26-,36+,38+,39+/m0/s1. The van der Waals surface area contributed by atoms with Crippen LogP contribution in [0.5, 0.6) is 5.75 Å². The van der Waals surface area contributed by atoms with Crippen molar-refractivity contribution in [2.45, 2.75) is 50.4 Å². The Morgan fingerprint density at radius 2 is 1.49 bits per heavy atom. The molecule has 1 saturated heterocycles. The Bertz CT molecular complexity index is 2110. The highest BCUT2D eigenvalue weighted by atomic mass is 35.5. The fourth-order valence-electron chi connectivity index (χ4n) is 6.95. The van der Waals surface area contributed by atoms with Gasteiger partial charge in [0.2, 0.25) is 11.8 Å². The number of anilines is 1. The minimum Gasteiger partial charge on any atom is -0.497 e. The van der Waals surface area contributed by atoms with Crippen molar-refractivity contribution in [1.29, 1.82) is 0 Å². The molecular weight excluding hydrogens is 669 g/mol. The third kappa shape index (κ3) is 5.88. The number of alkyl halides is 1. The lowest BCUT2D eigenvalue weighted by Crippen LogP contribution is -2.44. The van der Waals surface area contributed by atoms with Crippen LogP contribution in [0.2, 0.25) is 5.15 Å². The van der Waals surface area contributed by atoms with Crippen LogP contribution in [0, 0.1) is 5.92 Å². The van der Waals surface area contributed by atoms with Crippen molar-refractivity contribution in [3.05, 3.63) is 149 Å². The Kier molecular flexibility index (Phi) is 8.99. The molecule has 4 atom stereocenters. The SMILES string of the molecule is CC[C@@]1(F)O[C@@H](n2cnc3c(Cl)nc(NC(c4ccccc4)(c4ccccc4)c4ccc(OC)cc4)nc32)[C@](C)(OC(=O)c2ccccc2)[C@@H]1C. The Balaban J connectivity index is 1.38. The highest BCUT2D eigenvalue weighted by Gasteiger charge is 2.63. The zero-order chi connectivity index (χ0) is 35.8. The quantitative estimate of drug-likeness (QED) is 0.0858. The Morgan fingerprint density at radius 1 is 0.922 bits per heavy atom. The van der Waals surface area contributed by atoms with Gasteiger partial charge in [-0.15, -0.1) is 0 Å². The molecule has 0 spiro atoms. The van der Waals surface area contributed by atoms with Crippen LogP contribution in [0.4, 0.5) is 10.3 Å². The number of hydrogen-bond donors (Lipinski definition) is 1. The van der Waals surface area contributed by atoms with E-state index in [1.165, 1.54) is 6.33 Å². The molecule has 1 aliphatic heterocycles. The van der Waals surface area contributed by atoms with Gasteiger partial charge in [0.15, 0.2) is 22.6 Å². The molecule has 11 heteroatoms. The Hall–Kier alpha value is -5.32. The molecule has 0 unspecified atom stereocenters. The number of ether oxygens (including phenoxy) is 3. The van der Waals surface area contributed by atoms with Crippen LogP contribution in [0.15, 0.2) is 122 Å². The van der Waals surface area contributed by atoms with E-state index >= 15 is 4.39 Å². The van der Waals surface area contributed by atoms with Crippen LogP contribution < -0.4 is 10.1 Å². The number of methoxy groups -OCH3 is 1. The maximum absolute atomic E-state index is 16.5. The Morgan fingerprint density at radius 3 is 2.06 bits per heavy atom. The molecular formula is C40H37ClFN5O4. The number of fused-ring (bicyclic) bond motifs is 1. The van der Waals surface area contributed by atoms with Crippen LogP contribution in [-0.4, -0.2) is 44.1 Å². The number of carbonyl (C=O) groups is 1. The van der Waals surface area contributed by atoms with Crippen molar-refractivity contribution >= 4 is 34.7 Å². The van der Waals surface area contributed by atoms with Crippen molar-refractivity contribution in [3.63, 3.8) is 0 Å². The van der Waals surface area contributed by atoms with E-state index < -0.39 is 35.1 Å². The van der Waals surface area contributed by atoms with E-state index in [1.807, 2.05) is 84.9 Å². The first kappa shape index (κ1) is 34.1. The lowest BCUT2D eigenvalue weighted by atomic mass is 9.77. The molecule has 7 rings (SSSR count). The van der Waals surface area contributed by atoms with Gasteiger partial charge in [-0.1, -0.05) is 116 Å². The van der Waals surface area contributed by atoms with Gasteiger partial charge in [-0.05, 0) is 47.9 Å². The topological polar surface area (TPSA) is 100 Å². The van der Waals surface area contributed by atoms with E-state index in [0.29, 0.717) is 11.3 Å². The lowest BCUT2D eigenvalue weighted by molar-refractivity contribution is -0.174. The molecule has 0 bridgehead atoms. The number of carbonyl (C=O) groups excluding carboxylic acids is 1. The van der Waals surface area contributed by atoms with Gasteiger partial charge in [0.05, 0.1) is 24.9 Å². The van der Waals surface area contributed by atoms with Crippen LogP contribution in [0.3, 0.4) is 0 Å². The van der Waals surface area contributed by atoms with E-state index in [-0.39, 0.29) is 28.7 Å². The highest BCUT2D eigenvalue weighted by molar-refractivity contribution is 6.33. The summed E-state index contributed by atoms with van der Waals surface area (Å²) in [6, 6.07) is 36.3. The summed E-state index contributed by atoms with van der Waals surface area (Å²) < 4.78 is 35.9. The first-order valence-electron chi connectivity index (χ1n) is 16.7. The minimum absolute atomic E-state index is 0.0247. The fraction of sp³-hybridized carbons (Fsp3) is 0.250. The zero-order valence-corrected chi connectivity index (χ0v) is 29.3. The first-order valence-corrected chi connectivity index (χ1v) is 17.1. The molecule has 3 heterocycles. The average molecular weight is 706 g/mol. The molecule has 1 aliphatic rings.